The van der Waals surface area contributed by atoms with Crippen LogP contribution in [0.4, 0.5) is 17.1 Å². The Hall–Kier alpha value is -5.46. The largest absolute Gasteiger partial charge is 0.388 e. The molecule has 3 aromatic rings. The summed E-state index contributed by atoms with van der Waals surface area (Å²) in [5.74, 6) is -1.80. The van der Waals surface area contributed by atoms with Crippen molar-refractivity contribution in [3.8, 4) is 11.1 Å². The van der Waals surface area contributed by atoms with Gasteiger partial charge in [0.05, 0.1) is 6.54 Å². The van der Waals surface area contributed by atoms with Crippen LogP contribution in [0.15, 0.2) is 60.8 Å². The Morgan fingerprint density at radius 1 is 0.824 bits per heavy atom. The van der Waals surface area contributed by atoms with Crippen molar-refractivity contribution in [1.82, 2.24) is 20.1 Å². The van der Waals surface area contributed by atoms with Gasteiger partial charge in [0.15, 0.2) is 0 Å². The molecule has 0 fully saturated rings. The normalized spacial score (nSPS) is 12.0. The number of hydrogen-bond acceptors (Lipinski definition) is 7. The van der Waals surface area contributed by atoms with Crippen LogP contribution in [0.1, 0.15) is 63.4 Å². The molecule has 274 valence electrons. The summed E-state index contributed by atoms with van der Waals surface area (Å²) >= 11 is 0. The zero-order valence-electron chi connectivity index (χ0n) is 30.4. The van der Waals surface area contributed by atoms with Crippen LogP contribution in [0.2, 0.25) is 0 Å². The van der Waals surface area contributed by atoms with Crippen molar-refractivity contribution in [2.45, 2.75) is 58.9 Å². The van der Waals surface area contributed by atoms with E-state index in [-0.39, 0.29) is 48.9 Å². The second kappa shape index (κ2) is 19.7. The molecule has 51 heavy (non-hydrogen) atoms. The molecule has 0 aliphatic heterocycles. The van der Waals surface area contributed by atoms with Gasteiger partial charge in [0.25, 0.3) is 5.91 Å². The fourth-order valence-corrected chi connectivity index (χ4v) is 5.45. The summed E-state index contributed by atoms with van der Waals surface area (Å²) in [6, 6.07) is 15.5. The highest BCUT2D eigenvalue weighted by atomic mass is 16.2. The van der Waals surface area contributed by atoms with Gasteiger partial charge in [0.1, 0.15) is 18.0 Å². The van der Waals surface area contributed by atoms with Crippen molar-refractivity contribution in [1.29, 1.82) is 0 Å². The molecule has 0 saturated heterocycles. The quantitative estimate of drug-likeness (QED) is 0.0910. The minimum absolute atomic E-state index is 0.0479. The van der Waals surface area contributed by atoms with Gasteiger partial charge in [0, 0.05) is 75.3 Å². The average Bonchev–Trinajstić information content (AvgIpc) is 3.51. The van der Waals surface area contributed by atoms with Crippen LogP contribution in [-0.4, -0.2) is 78.5 Å². The molecule has 5 amide bonds. The number of aromatic nitrogens is 1. The van der Waals surface area contributed by atoms with Crippen molar-refractivity contribution in [2.24, 2.45) is 18.9 Å². The maximum absolute atomic E-state index is 13.0. The van der Waals surface area contributed by atoms with Crippen LogP contribution in [0, 0.1) is 11.8 Å². The Morgan fingerprint density at radius 3 is 2.06 bits per heavy atom. The summed E-state index contributed by atoms with van der Waals surface area (Å²) in [6.07, 6.45) is 5.15. The smallest absolute Gasteiger partial charge is 0.272 e. The predicted octanol–water partition coefficient (Wildman–Crippen LogP) is 4.43. The maximum atomic E-state index is 13.0. The Labute approximate surface area is 299 Å². The van der Waals surface area contributed by atoms with Crippen molar-refractivity contribution < 1.29 is 28.8 Å². The first kappa shape index (κ1) is 40.0. The maximum Gasteiger partial charge on any atom is 0.272 e. The van der Waals surface area contributed by atoms with Crippen LogP contribution in [0.5, 0.6) is 0 Å². The lowest BCUT2D eigenvalue weighted by Gasteiger charge is -2.25. The van der Waals surface area contributed by atoms with Crippen LogP contribution < -0.4 is 26.6 Å². The molecule has 0 saturated carbocycles. The van der Waals surface area contributed by atoms with E-state index in [1.54, 1.807) is 40.8 Å². The van der Waals surface area contributed by atoms with Gasteiger partial charge in [-0.15, -0.1) is 0 Å². The molecule has 2 atom stereocenters. The van der Waals surface area contributed by atoms with E-state index in [2.05, 4.69) is 26.6 Å². The van der Waals surface area contributed by atoms with Crippen LogP contribution >= 0.6 is 0 Å². The second-order valence-corrected chi connectivity index (χ2v) is 13.0. The van der Waals surface area contributed by atoms with Gasteiger partial charge in [-0.3, -0.25) is 24.0 Å². The lowest BCUT2D eigenvalue weighted by Crippen LogP contribution is -2.45. The molecular formula is C38H51N7O6. The number of unbranched alkanes of at least 4 members (excludes halogenated alkanes) is 2. The van der Waals surface area contributed by atoms with Gasteiger partial charge < -0.3 is 40.8 Å². The number of nitrogens with one attached hydrogen (secondary N) is 5. The summed E-state index contributed by atoms with van der Waals surface area (Å²) in [4.78, 5) is 75.4. The molecule has 2 aromatic carbocycles. The molecule has 3 rings (SSSR count). The Bertz CT molecular complexity index is 1650. The minimum Gasteiger partial charge on any atom is -0.388 e. The van der Waals surface area contributed by atoms with E-state index in [1.807, 2.05) is 64.5 Å². The lowest BCUT2D eigenvalue weighted by atomic mass is 9.91. The fourth-order valence-electron chi connectivity index (χ4n) is 5.45. The number of carbonyl (C=O) groups excluding carboxylic acids is 6. The van der Waals surface area contributed by atoms with E-state index in [1.165, 1.54) is 6.92 Å². The zero-order valence-corrected chi connectivity index (χ0v) is 30.4. The van der Waals surface area contributed by atoms with Gasteiger partial charge in [-0.05, 0) is 73.7 Å². The monoisotopic (exact) mass is 701 g/mol. The van der Waals surface area contributed by atoms with E-state index in [0.717, 1.165) is 29.5 Å². The summed E-state index contributed by atoms with van der Waals surface area (Å²) in [6.45, 7) is 5.66. The van der Waals surface area contributed by atoms with Gasteiger partial charge in [-0.1, -0.05) is 32.4 Å². The summed E-state index contributed by atoms with van der Waals surface area (Å²) in [5.41, 5.74) is 4.42. The van der Waals surface area contributed by atoms with Crippen molar-refractivity contribution in [3.05, 3.63) is 66.5 Å². The third kappa shape index (κ3) is 12.4. The highest BCUT2D eigenvalue weighted by molar-refractivity contribution is 6.04. The molecule has 0 aliphatic carbocycles. The SMILES string of the molecule is CNc1ccc(-c2cc(C(=O)Nc3ccc(NC(=O)C(C)NC(=O)CNC(=O)CCCCCN(C)C(=O)C(CC=O)C(C)C)cc3)n(C)c2)cc1. The van der Waals surface area contributed by atoms with Crippen molar-refractivity contribution in [2.75, 3.05) is 43.1 Å². The zero-order chi connectivity index (χ0) is 37.5. The third-order valence-electron chi connectivity index (χ3n) is 8.62. The number of aldehydes is 1. The van der Waals surface area contributed by atoms with Crippen LogP contribution in [-0.2, 0) is 31.0 Å². The molecule has 13 heteroatoms. The lowest BCUT2D eigenvalue weighted by molar-refractivity contribution is -0.137. The fraction of sp³-hybridized carbons (Fsp3) is 0.421. The average molecular weight is 702 g/mol. The van der Waals surface area contributed by atoms with Crippen LogP contribution in [0.25, 0.3) is 11.1 Å². The summed E-state index contributed by atoms with van der Waals surface area (Å²) in [5, 5.41) is 13.8. The van der Waals surface area contributed by atoms with E-state index < -0.39 is 17.9 Å². The Kier molecular flexibility index (Phi) is 15.4. The Morgan fingerprint density at radius 2 is 1.45 bits per heavy atom. The van der Waals surface area contributed by atoms with Crippen LogP contribution in [0.3, 0.4) is 0 Å². The number of amides is 5. The molecule has 13 nitrogen and oxygen atoms in total. The number of carbonyl (C=O) groups is 6. The van der Waals surface area contributed by atoms with Gasteiger partial charge in [-0.25, -0.2) is 0 Å². The number of rotatable bonds is 19. The first-order chi connectivity index (χ1) is 24.3. The van der Waals surface area contributed by atoms with E-state index in [4.69, 9.17) is 0 Å². The highest BCUT2D eigenvalue weighted by Crippen LogP contribution is 2.24. The number of aryl methyl sites for hydroxylation is 1. The number of anilines is 3. The van der Waals surface area contributed by atoms with Gasteiger partial charge in [0.2, 0.25) is 23.6 Å². The van der Waals surface area contributed by atoms with Gasteiger partial charge >= 0.3 is 0 Å². The number of hydrogen-bond donors (Lipinski definition) is 5. The molecule has 0 bridgehead atoms. The molecule has 1 heterocycles. The van der Waals surface area contributed by atoms with E-state index in [0.29, 0.717) is 36.5 Å². The number of nitrogens with zero attached hydrogens (tertiary/aromatic N) is 2. The number of benzene rings is 2. The molecule has 0 spiro atoms. The van der Waals surface area contributed by atoms with E-state index >= 15 is 0 Å². The van der Waals surface area contributed by atoms with Gasteiger partial charge in [-0.2, -0.15) is 0 Å². The molecule has 5 N–H and O–H groups in total. The predicted molar refractivity (Wildman–Crippen MR) is 199 cm³/mol. The first-order valence-electron chi connectivity index (χ1n) is 17.2. The van der Waals surface area contributed by atoms with E-state index in [9.17, 15) is 28.8 Å². The molecule has 0 aliphatic rings. The molecule has 0 radical (unpaired) electrons. The summed E-state index contributed by atoms with van der Waals surface area (Å²) in [7, 11) is 5.39. The minimum atomic E-state index is -0.865. The molecular weight excluding hydrogens is 650 g/mol. The van der Waals surface area contributed by atoms with Crippen molar-refractivity contribution >= 4 is 52.9 Å². The topological polar surface area (TPSA) is 171 Å². The highest BCUT2D eigenvalue weighted by Gasteiger charge is 2.24. The Balaban J connectivity index is 1.35. The standard InChI is InChI=1S/C38H51N7O6/c1-25(2)32(19-21-46)38(51)44(5)20-9-7-8-10-34(47)40-23-35(48)41-26(3)36(49)42-30-15-17-31(18-16-30)43-37(50)33-22-28(24-45(33)6)27-11-13-29(39-4)14-12-27/h11-18,21-22,24-26,32,39H,7-10,19-20,23H2,1-6H3,(H,40,47)(H,41,48)(H,42,49)(H,43,50). The first-order valence-corrected chi connectivity index (χ1v) is 17.2. The second-order valence-electron chi connectivity index (χ2n) is 13.0. The summed E-state index contributed by atoms with van der Waals surface area (Å²) < 4.78 is 1.77. The van der Waals surface area contributed by atoms with Crippen molar-refractivity contribution in [3.63, 3.8) is 0 Å². The molecule has 1 aromatic heterocycles. The molecule has 2 unspecified atom stereocenters. The third-order valence-corrected chi connectivity index (χ3v) is 8.62.